The van der Waals surface area contributed by atoms with E-state index in [-0.39, 0.29) is 0 Å². The Morgan fingerprint density at radius 1 is 1.26 bits per heavy atom. The van der Waals surface area contributed by atoms with Crippen LogP contribution in [0.3, 0.4) is 0 Å². The monoisotopic (exact) mass is 375 g/mol. The van der Waals surface area contributed by atoms with Gasteiger partial charge in [0.05, 0.1) is 0 Å². The molecule has 0 bridgehead atoms. The Bertz CT molecular complexity index is 777. The fourth-order valence-electron chi connectivity index (χ4n) is 2.83. The summed E-state index contributed by atoms with van der Waals surface area (Å²) in [6, 6.07) is 5.06. The molecule has 2 rings (SSSR count). The smallest absolute Gasteiger partial charge is 0.326 e. The van der Waals surface area contributed by atoms with Gasteiger partial charge in [-0.15, -0.1) is 0 Å². The summed E-state index contributed by atoms with van der Waals surface area (Å²) in [6.45, 7) is 6.19. The topological polar surface area (TPSA) is 105 Å². The van der Waals surface area contributed by atoms with Crippen molar-refractivity contribution in [3.63, 3.8) is 0 Å². The number of carbonyl (C=O) groups excluding carboxylic acids is 4. The van der Waals surface area contributed by atoms with Gasteiger partial charge in [-0.05, 0) is 37.8 Å². The van der Waals surface area contributed by atoms with Gasteiger partial charge < -0.3 is 15.4 Å². The normalized spacial score (nSPS) is 19.0. The summed E-state index contributed by atoms with van der Waals surface area (Å²) in [5, 5.41) is 5.29. The molecule has 0 radical (unpaired) electrons. The highest BCUT2D eigenvalue weighted by atomic mass is 16.5. The second kappa shape index (κ2) is 8.20. The molecule has 1 aliphatic rings. The first-order valence-electron chi connectivity index (χ1n) is 8.90. The number of carbonyl (C=O) groups is 4. The standard InChI is InChI=1S/C19H25N3O5/c1-5-13-9-7-8-12(3)16(13)20-14(23)11-27-15(24)10-22-17(25)19(4,6-2)21-18(22)26/h7-9H,5-6,10-11H2,1-4H3,(H,20,23)(H,21,26)/t19-/m1/s1. The summed E-state index contributed by atoms with van der Waals surface area (Å²) in [5.41, 5.74) is 1.57. The Morgan fingerprint density at radius 2 is 1.96 bits per heavy atom. The lowest BCUT2D eigenvalue weighted by Crippen LogP contribution is -2.43. The number of para-hydroxylation sites is 1. The summed E-state index contributed by atoms with van der Waals surface area (Å²) in [7, 11) is 0. The van der Waals surface area contributed by atoms with Crippen LogP contribution in [-0.4, -0.2) is 47.4 Å². The zero-order chi connectivity index (χ0) is 20.2. The number of hydrogen-bond acceptors (Lipinski definition) is 5. The SMILES string of the molecule is CCc1cccc(C)c1NC(=O)COC(=O)CN1C(=O)N[C@](C)(CC)C1=O. The fraction of sp³-hybridized carbons (Fsp3) is 0.474. The molecule has 1 saturated heterocycles. The van der Waals surface area contributed by atoms with Crippen molar-refractivity contribution in [2.75, 3.05) is 18.5 Å². The molecular weight excluding hydrogens is 350 g/mol. The van der Waals surface area contributed by atoms with E-state index in [2.05, 4.69) is 10.6 Å². The summed E-state index contributed by atoms with van der Waals surface area (Å²) in [5.74, 6) is -1.79. The van der Waals surface area contributed by atoms with Crippen LogP contribution in [0.5, 0.6) is 0 Å². The largest absolute Gasteiger partial charge is 0.454 e. The minimum atomic E-state index is -1.02. The van der Waals surface area contributed by atoms with Crippen LogP contribution in [-0.2, 0) is 25.5 Å². The molecule has 8 heteroatoms. The molecular formula is C19H25N3O5. The lowest BCUT2D eigenvalue weighted by Gasteiger charge is -2.18. The number of hydrogen-bond donors (Lipinski definition) is 2. The van der Waals surface area contributed by atoms with Crippen molar-refractivity contribution >= 4 is 29.5 Å². The molecule has 1 heterocycles. The van der Waals surface area contributed by atoms with E-state index >= 15 is 0 Å². The maximum atomic E-state index is 12.2. The number of anilines is 1. The average Bonchev–Trinajstić information content (AvgIpc) is 2.85. The fourth-order valence-corrected chi connectivity index (χ4v) is 2.83. The number of ether oxygens (including phenoxy) is 1. The third-order valence-electron chi connectivity index (χ3n) is 4.71. The maximum Gasteiger partial charge on any atom is 0.326 e. The van der Waals surface area contributed by atoms with Gasteiger partial charge in [-0.25, -0.2) is 4.79 Å². The van der Waals surface area contributed by atoms with Crippen LogP contribution in [0, 0.1) is 6.92 Å². The minimum Gasteiger partial charge on any atom is -0.454 e. The third kappa shape index (κ3) is 4.45. The molecule has 8 nitrogen and oxygen atoms in total. The van der Waals surface area contributed by atoms with Crippen LogP contribution in [0.1, 0.15) is 38.3 Å². The highest BCUT2D eigenvalue weighted by Gasteiger charge is 2.47. The maximum absolute atomic E-state index is 12.2. The zero-order valence-electron chi connectivity index (χ0n) is 16.0. The molecule has 146 valence electrons. The number of rotatable bonds is 7. The van der Waals surface area contributed by atoms with E-state index in [4.69, 9.17) is 4.74 Å². The quantitative estimate of drug-likeness (QED) is 0.558. The van der Waals surface area contributed by atoms with Crippen molar-refractivity contribution in [1.29, 1.82) is 0 Å². The number of benzene rings is 1. The molecule has 1 aliphatic heterocycles. The molecule has 0 spiro atoms. The molecule has 27 heavy (non-hydrogen) atoms. The van der Waals surface area contributed by atoms with E-state index in [9.17, 15) is 19.2 Å². The molecule has 1 aromatic rings. The van der Waals surface area contributed by atoms with Crippen molar-refractivity contribution in [1.82, 2.24) is 10.2 Å². The molecule has 4 amide bonds. The summed E-state index contributed by atoms with van der Waals surface area (Å²) in [4.78, 5) is 49.0. The van der Waals surface area contributed by atoms with Gasteiger partial charge in [-0.1, -0.05) is 32.0 Å². The zero-order valence-corrected chi connectivity index (χ0v) is 16.0. The van der Waals surface area contributed by atoms with Gasteiger partial charge in [0.1, 0.15) is 12.1 Å². The Morgan fingerprint density at radius 3 is 2.56 bits per heavy atom. The minimum absolute atomic E-state index is 0.404. The van der Waals surface area contributed by atoms with Crippen LogP contribution in [0.4, 0.5) is 10.5 Å². The molecule has 0 aliphatic carbocycles. The van der Waals surface area contributed by atoms with Crippen LogP contribution < -0.4 is 10.6 Å². The molecule has 0 saturated carbocycles. The van der Waals surface area contributed by atoms with Gasteiger partial charge in [-0.3, -0.25) is 19.3 Å². The summed E-state index contributed by atoms with van der Waals surface area (Å²) in [6.07, 6.45) is 1.15. The number of esters is 1. The first-order chi connectivity index (χ1) is 12.7. The van der Waals surface area contributed by atoms with E-state index in [0.717, 1.165) is 22.4 Å². The molecule has 1 fully saturated rings. The van der Waals surface area contributed by atoms with Crippen molar-refractivity contribution in [2.45, 2.75) is 46.1 Å². The Kier molecular flexibility index (Phi) is 6.20. The molecule has 0 unspecified atom stereocenters. The van der Waals surface area contributed by atoms with Crippen LogP contribution in [0.2, 0.25) is 0 Å². The number of nitrogens with zero attached hydrogens (tertiary/aromatic N) is 1. The van der Waals surface area contributed by atoms with Crippen LogP contribution in [0.15, 0.2) is 18.2 Å². The second-order valence-electron chi connectivity index (χ2n) is 6.68. The van der Waals surface area contributed by atoms with Crippen LogP contribution in [0.25, 0.3) is 0 Å². The first kappa shape index (κ1) is 20.4. The van der Waals surface area contributed by atoms with E-state index in [1.165, 1.54) is 0 Å². The molecule has 2 N–H and O–H groups in total. The van der Waals surface area contributed by atoms with Gasteiger partial charge in [-0.2, -0.15) is 0 Å². The van der Waals surface area contributed by atoms with Crippen LogP contribution >= 0.6 is 0 Å². The highest BCUT2D eigenvalue weighted by molar-refractivity contribution is 6.08. The lowest BCUT2D eigenvalue weighted by atomic mass is 9.99. The van der Waals surface area contributed by atoms with Crippen molar-refractivity contribution in [3.8, 4) is 0 Å². The van der Waals surface area contributed by atoms with Crippen molar-refractivity contribution < 1.29 is 23.9 Å². The highest BCUT2D eigenvalue weighted by Crippen LogP contribution is 2.21. The number of imide groups is 1. The van der Waals surface area contributed by atoms with Gasteiger partial charge >= 0.3 is 12.0 Å². The number of urea groups is 1. The third-order valence-corrected chi connectivity index (χ3v) is 4.71. The van der Waals surface area contributed by atoms with Gasteiger partial charge in [0.15, 0.2) is 6.61 Å². The van der Waals surface area contributed by atoms with E-state index < -0.39 is 42.5 Å². The van der Waals surface area contributed by atoms with E-state index in [1.807, 2.05) is 32.0 Å². The Balaban J connectivity index is 1.90. The second-order valence-corrected chi connectivity index (χ2v) is 6.68. The summed E-state index contributed by atoms with van der Waals surface area (Å²) >= 11 is 0. The molecule has 1 atom stereocenters. The Labute approximate surface area is 158 Å². The average molecular weight is 375 g/mol. The lowest BCUT2D eigenvalue weighted by molar-refractivity contribution is -0.150. The number of amides is 4. The molecule has 0 aromatic heterocycles. The van der Waals surface area contributed by atoms with Crippen molar-refractivity contribution in [3.05, 3.63) is 29.3 Å². The van der Waals surface area contributed by atoms with Crippen molar-refractivity contribution in [2.24, 2.45) is 0 Å². The molecule has 1 aromatic carbocycles. The van der Waals surface area contributed by atoms with E-state index in [0.29, 0.717) is 12.1 Å². The summed E-state index contributed by atoms with van der Waals surface area (Å²) < 4.78 is 4.92. The first-order valence-corrected chi connectivity index (χ1v) is 8.90. The van der Waals surface area contributed by atoms with Gasteiger partial charge in [0, 0.05) is 5.69 Å². The Hall–Kier alpha value is -2.90. The van der Waals surface area contributed by atoms with Gasteiger partial charge in [0.2, 0.25) is 0 Å². The predicted molar refractivity (Wildman–Crippen MR) is 99.1 cm³/mol. The number of aryl methyl sites for hydroxylation is 2. The van der Waals surface area contributed by atoms with Gasteiger partial charge in [0.25, 0.3) is 11.8 Å². The number of nitrogens with one attached hydrogen (secondary N) is 2. The van der Waals surface area contributed by atoms with E-state index in [1.54, 1.807) is 13.8 Å². The predicted octanol–water partition coefficient (Wildman–Crippen LogP) is 1.76.